The molecule has 0 bridgehead atoms. The molecule has 0 aromatic carbocycles. The Kier molecular flexibility index (Phi) is 6.41. The van der Waals surface area contributed by atoms with E-state index >= 15 is 0 Å². The lowest BCUT2D eigenvalue weighted by molar-refractivity contribution is -0.151. The first-order chi connectivity index (χ1) is 13.8. The molecule has 10 heteroatoms. The van der Waals surface area contributed by atoms with Crippen LogP contribution in [0, 0.1) is 11.8 Å². The quantitative estimate of drug-likeness (QED) is 0.343. The smallest absolute Gasteiger partial charge is 0.240 e. The van der Waals surface area contributed by atoms with Gasteiger partial charge in [0.2, 0.25) is 11.7 Å². The van der Waals surface area contributed by atoms with Gasteiger partial charge in [0.1, 0.15) is 24.4 Å². The standard InChI is InChI=1S/C19H31ClN2O6S/c1-8-4-5-26-14-10(6-8)7-21-12(14)17(24)22-11(9(2)20)15-13(23)16-19(25,28-16)18(27-15)29-3/h8-16,18,21,23,25H,4-7H2,1-3H3,(H,22,24)/t8-,9-,10-,11+,12-,13+,14?,15+,16?,18?,19-/m0/s1. The molecule has 4 rings (SSSR count). The van der Waals surface area contributed by atoms with Crippen molar-refractivity contribution in [2.45, 2.75) is 79.8 Å². The van der Waals surface area contributed by atoms with Gasteiger partial charge < -0.3 is 35.1 Å². The van der Waals surface area contributed by atoms with Gasteiger partial charge in [0, 0.05) is 13.2 Å². The summed E-state index contributed by atoms with van der Waals surface area (Å²) in [6.45, 7) is 5.37. The van der Waals surface area contributed by atoms with Gasteiger partial charge in [0.25, 0.3) is 0 Å². The Hall–Kier alpha value is -0.130. The van der Waals surface area contributed by atoms with Crippen molar-refractivity contribution >= 4 is 29.3 Å². The number of carbonyl (C=O) groups excluding carboxylic acids is 1. The molecular formula is C19H31ClN2O6S. The third-order valence-electron chi connectivity index (χ3n) is 6.60. The van der Waals surface area contributed by atoms with E-state index in [1.54, 1.807) is 13.2 Å². The molecule has 0 aromatic rings. The van der Waals surface area contributed by atoms with Gasteiger partial charge >= 0.3 is 0 Å². The molecule has 0 aromatic heterocycles. The summed E-state index contributed by atoms with van der Waals surface area (Å²) in [5.74, 6) is -0.804. The third kappa shape index (κ3) is 4.05. The molecule has 4 aliphatic rings. The Morgan fingerprint density at radius 3 is 2.90 bits per heavy atom. The molecule has 166 valence electrons. The van der Waals surface area contributed by atoms with Crippen LogP contribution in [-0.2, 0) is 19.0 Å². The number of alkyl halides is 1. The molecule has 0 aliphatic carbocycles. The Balaban J connectivity index is 1.45. The Morgan fingerprint density at radius 1 is 1.45 bits per heavy atom. The molecule has 4 saturated heterocycles. The fourth-order valence-electron chi connectivity index (χ4n) is 4.91. The van der Waals surface area contributed by atoms with Gasteiger partial charge in [0.15, 0.2) is 5.44 Å². The van der Waals surface area contributed by atoms with Crippen LogP contribution >= 0.6 is 23.4 Å². The normalized spacial score (nSPS) is 48.8. The predicted molar refractivity (Wildman–Crippen MR) is 109 cm³/mol. The average Bonchev–Trinajstić information content (AvgIpc) is 3.29. The monoisotopic (exact) mass is 450 g/mol. The Labute approximate surface area is 180 Å². The van der Waals surface area contributed by atoms with Gasteiger partial charge in [-0.05, 0) is 37.9 Å². The largest absolute Gasteiger partial charge is 0.387 e. The van der Waals surface area contributed by atoms with Gasteiger partial charge in [-0.25, -0.2) is 0 Å². The number of aliphatic hydroxyl groups excluding tert-OH is 1. The first-order valence-corrected chi connectivity index (χ1v) is 12.0. The van der Waals surface area contributed by atoms with Crippen molar-refractivity contribution in [3.05, 3.63) is 0 Å². The van der Waals surface area contributed by atoms with E-state index in [0.717, 1.165) is 19.4 Å². The molecule has 8 nitrogen and oxygen atoms in total. The van der Waals surface area contributed by atoms with E-state index < -0.39 is 47.0 Å². The molecule has 4 aliphatic heterocycles. The number of aliphatic hydroxyl groups is 2. The summed E-state index contributed by atoms with van der Waals surface area (Å²) >= 11 is 7.69. The SMILES string of the molecule is CSC1O[C@H]([C@H](NC(=O)[C@H]2NC[C@@H]3C[C@@H](C)CCOC32)[C@H](C)Cl)[C@@H](O)C2O[C@]12O. The zero-order chi connectivity index (χ0) is 20.9. The number of thioether (sulfide) groups is 1. The fourth-order valence-corrected chi connectivity index (χ4v) is 5.89. The number of carbonyl (C=O) groups is 1. The number of fused-ring (bicyclic) bond motifs is 2. The minimum atomic E-state index is -1.48. The fraction of sp³-hybridized carbons (Fsp3) is 0.947. The second-order valence-electron chi connectivity index (χ2n) is 8.77. The molecule has 29 heavy (non-hydrogen) atoms. The highest BCUT2D eigenvalue weighted by Gasteiger charge is 2.70. The highest BCUT2D eigenvalue weighted by atomic mass is 35.5. The zero-order valence-electron chi connectivity index (χ0n) is 16.9. The van der Waals surface area contributed by atoms with E-state index in [9.17, 15) is 15.0 Å². The van der Waals surface area contributed by atoms with Crippen LogP contribution in [0.2, 0.25) is 0 Å². The molecule has 3 unspecified atom stereocenters. The maximum absolute atomic E-state index is 13.1. The highest BCUT2D eigenvalue weighted by Crippen LogP contribution is 2.50. The number of nitrogens with one attached hydrogen (secondary N) is 2. The van der Waals surface area contributed by atoms with Crippen LogP contribution in [0.25, 0.3) is 0 Å². The average molecular weight is 451 g/mol. The van der Waals surface area contributed by atoms with Gasteiger partial charge in [-0.3, -0.25) is 4.79 Å². The summed E-state index contributed by atoms with van der Waals surface area (Å²) < 4.78 is 17.2. The maximum atomic E-state index is 13.1. The van der Waals surface area contributed by atoms with Crippen LogP contribution in [0.3, 0.4) is 0 Å². The lowest BCUT2D eigenvalue weighted by Crippen LogP contribution is -2.62. The molecule has 0 saturated carbocycles. The van der Waals surface area contributed by atoms with Gasteiger partial charge in [0.05, 0.1) is 17.5 Å². The van der Waals surface area contributed by atoms with Crippen molar-refractivity contribution in [1.82, 2.24) is 10.6 Å². The zero-order valence-corrected chi connectivity index (χ0v) is 18.5. The molecule has 0 spiro atoms. The summed E-state index contributed by atoms with van der Waals surface area (Å²) in [5, 5.41) is 26.8. The van der Waals surface area contributed by atoms with E-state index in [2.05, 4.69) is 17.6 Å². The van der Waals surface area contributed by atoms with Gasteiger partial charge in [-0.1, -0.05) is 6.92 Å². The van der Waals surface area contributed by atoms with Crippen LogP contribution in [0.5, 0.6) is 0 Å². The van der Waals surface area contributed by atoms with Crippen molar-refractivity contribution in [3.8, 4) is 0 Å². The molecule has 4 fully saturated rings. The first kappa shape index (κ1) is 22.1. The Bertz CT molecular complexity index is 630. The lowest BCUT2D eigenvalue weighted by atomic mass is 9.90. The molecule has 0 radical (unpaired) electrons. The van der Waals surface area contributed by atoms with E-state index in [1.165, 1.54) is 11.8 Å². The summed E-state index contributed by atoms with van der Waals surface area (Å²) in [6.07, 6.45) is 1.05. The maximum Gasteiger partial charge on any atom is 0.240 e. The molecular weight excluding hydrogens is 420 g/mol. The number of rotatable bonds is 5. The van der Waals surface area contributed by atoms with Crippen molar-refractivity contribution in [2.75, 3.05) is 19.4 Å². The van der Waals surface area contributed by atoms with Crippen LogP contribution < -0.4 is 10.6 Å². The van der Waals surface area contributed by atoms with Crippen molar-refractivity contribution in [2.24, 2.45) is 11.8 Å². The molecule has 4 heterocycles. The van der Waals surface area contributed by atoms with Crippen LogP contribution in [-0.4, -0.2) is 88.6 Å². The van der Waals surface area contributed by atoms with Gasteiger partial charge in [-0.2, -0.15) is 0 Å². The van der Waals surface area contributed by atoms with E-state index in [-0.39, 0.29) is 12.0 Å². The van der Waals surface area contributed by atoms with Gasteiger partial charge in [-0.15, -0.1) is 23.4 Å². The van der Waals surface area contributed by atoms with Crippen LogP contribution in [0.15, 0.2) is 0 Å². The number of amides is 1. The number of halogens is 1. The summed E-state index contributed by atoms with van der Waals surface area (Å²) in [5.41, 5.74) is -0.656. The molecule has 11 atom stereocenters. The predicted octanol–water partition coefficient (Wildman–Crippen LogP) is 0.0378. The number of epoxide rings is 1. The lowest BCUT2D eigenvalue weighted by Gasteiger charge is -2.39. The van der Waals surface area contributed by atoms with Crippen molar-refractivity contribution in [1.29, 1.82) is 0 Å². The second kappa shape index (κ2) is 8.43. The van der Waals surface area contributed by atoms with Crippen molar-refractivity contribution in [3.63, 3.8) is 0 Å². The van der Waals surface area contributed by atoms with Crippen molar-refractivity contribution < 1.29 is 29.2 Å². The third-order valence-corrected chi connectivity index (χ3v) is 7.75. The second-order valence-corrected chi connectivity index (χ2v) is 10.4. The number of hydrogen-bond acceptors (Lipinski definition) is 8. The molecule has 1 amide bonds. The summed E-state index contributed by atoms with van der Waals surface area (Å²) in [7, 11) is 0. The number of hydrogen-bond donors (Lipinski definition) is 4. The van der Waals surface area contributed by atoms with E-state index in [1.807, 2.05) is 0 Å². The topological polar surface area (TPSA) is 113 Å². The minimum Gasteiger partial charge on any atom is -0.387 e. The number of ether oxygens (including phenoxy) is 3. The van der Waals surface area contributed by atoms with E-state index in [0.29, 0.717) is 18.4 Å². The summed E-state index contributed by atoms with van der Waals surface area (Å²) in [6, 6.07) is -1.11. The van der Waals surface area contributed by atoms with E-state index in [4.69, 9.17) is 25.8 Å². The van der Waals surface area contributed by atoms with Crippen LogP contribution in [0.1, 0.15) is 26.7 Å². The Morgan fingerprint density at radius 2 is 2.21 bits per heavy atom. The van der Waals surface area contributed by atoms with Crippen LogP contribution in [0.4, 0.5) is 0 Å². The first-order valence-electron chi connectivity index (χ1n) is 10.3. The minimum absolute atomic E-state index is 0.167. The summed E-state index contributed by atoms with van der Waals surface area (Å²) in [4.78, 5) is 13.1. The molecule has 4 N–H and O–H groups in total. The highest BCUT2D eigenvalue weighted by molar-refractivity contribution is 7.99.